The molecule has 1 heterocycles. The number of nitrogens with one attached hydrogen (secondary N) is 1. The van der Waals surface area contributed by atoms with E-state index in [1.165, 1.54) is 0 Å². The number of carbonyl (C=O) groups excluding carboxylic acids is 1. The third-order valence-electron chi connectivity index (χ3n) is 4.39. The van der Waals surface area contributed by atoms with Gasteiger partial charge in [0.15, 0.2) is 17.2 Å². The zero-order valence-corrected chi connectivity index (χ0v) is 16.4. The van der Waals surface area contributed by atoms with Crippen LogP contribution in [0.5, 0.6) is 17.2 Å². The second-order valence-electron chi connectivity index (χ2n) is 6.11. The van der Waals surface area contributed by atoms with Crippen molar-refractivity contribution in [3.05, 3.63) is 53.3 Å². The molecule has 0 aliphatic rings. The van der Waals surface area contributed by atoms with Crippen LogP contribution in [0.25, 0.3) is 5.69 Å². The quantitative estimate of drug-likeness (QED) is 0.705. The van der Waals surface area contributed by atoms with Crippen molar-refractivity contribution in [3.63, 3.8) is 0 Å². The molecule has 0 atom stereocenters. The SMILES string of the molecule is COc1cccc(-n2nnc(C(=O)Nc3cc(OC)c(OC)cc3C)c2C)c1. The summed E-state index contributed by atoms with van der Waals surface area (Å²) in [6.07, 6.45) is 0. The zero-order valence-electron chi connectivity index (χ0n) is 16.4. The number of nitrogens with zero attached hydrogens (tertiary/aromatic N) is 3. The molecule has 2 aromatic carbocycles. The molecule has 0 aliphatic heterocycles. The van der Waals surface area contributed by atoms with Gasteiger partial charge in [0.2, 0.25) is 0 Å². The Morgan fingerprint density at radius 3 is 2.39 bits per heavy atom. The van der Waals surface area contributed by atoms with Crippen molar-refractivity contribution in [3.8, 4) is 22.9 Å². The summed E-state index contributed by atoms with van der Waals surface area (Å²) in [5.41, 5.74) is 3.05. The highest BCUT2D eigenvalue weighted by atomic mass is 16.5. The molecule has 0 fully saturated rings. The maximum atomic E-state index is 12.8. The Morgan fingerprint density at radius 1 is 1.00 bits per heavy atom. The lowest BCUT2D eigenvalue weighted by Gasteiger charge is -2.13. The van der Waals surface area contributed by atoms with Gasteiger partial charge in [0, 0.05) is 17.8 Å². The highest BCUT2D eigenvalue weighted by molar-refractivity contribution is 6.04. The summed E-state index contributed by atoms with van der Waals surface area (Å²) in [7, 11) is 4.70. The van der Waals surface area contributed by atoms with Gasteiger partial charge in [-0.1, -0.05) is 11.3 Å². The van der Waals surface area contributed by atoms with Gasteiger partial charge in [0.05, 0.1) is 32.7 Å². The normalized spacial score (nSPS) is 10.5. The lowest BCUT2D eigenvalue weighted by atomic mass is 10.1. The number of carbonyl (C=O) groups is 1. The van der Waals surface area contributed by atoms with Crippen molar-refractivity contribution in [2.75, 3.05) is 26.6 Å². The first kappa shape index (κ1) is 19.2. The van der Waals surface area contributed by atoms with Crippen LogP contribution >= 0.6 is 0 Å². The average molecular weight is 382 g/mol. The second kappa shape index (κ2) is 7.99. The monoisotopic (exact) mass is 382 g/mol. The number of rotatable bonds is 6. The van der Waals surface area contributed by atoms with Gasteiger partial charge in [0.1, 0.15) is 5.75 Å². The molecular weight excluding hydrogens is 360 g/mol. The molecule has 1 amide bonds. The molecule has 1 aromatic heterocycles. The van der Waals surface area contributed by atoms with E-state index in [-0.39, 0.29) is 11.6 Å². The van der Waals surface area contributed by atoms with E-state index in [2.05, 4.69) is 15.6 Å². The fourth-order valence-electron chi connectivity index (χ4n) is 2.82. The molecule has 0 spiro atoms. The Morgan fingerprint density at radius 2 is 1.71 bits per heavy atom. The number of anilines is 1. The van der Waals surface area contributed by atoms with E-state index < -0.39 is 0 Å². The molecule has 0 aliphatic carbocycles. The van der Waals surface area contributed by atoms with Crippen LogP contribution in [0.1, 0.15) is 21.7 Å². The fourth-order valence-corrected chi connectivity index (χ4v) is 2.82. The lowest BCUT2D eigenvalue weighted by Crippen LogP contribution is -2.15. The molecule has 8 heteroatoms. The van der Waals surface area contributed by atoms with Gasteiger partial charge in [-0.25, -0.2) is 4.68 Å². The van der Waals surface area contributed by atoms with Crippen LogP contribution in [0.15, 0.2) is 36.4 Å². The standard InChI is InChI=1S/C20H22N4O4/c1-12-9-17(27-4)18(28-5)11-16(12)21-20(25)19-13(2)24(23-22-19)14-7-6-8-15(10-14)26-3/h6-11H,1-5H3,(H,21,25). The van der Waals surface area contributed by atoms with Crippen molar-refractivity contribution in [1.82, 2.24) is 15.0 Å². The van der Waals surface area contributed by atoms with E-state index in [9.17, 15) is 4.79 Å². The first-order chi connectivity index (χ1) is 13.5. The van der Waals surface area contributed by atoms with Gasteiger partial charge >= 0.3 is 0 Å². The minimum atomic E-state index is -0.359. The van der Waals surface area contributed by atoms with Gasteiger partial charge in [-0.15, -0.1) is 5.10 Å². The molecule has 0 radical (unpaired) electrons. The van der Waals surface area contributed by atoms with Gasteiger partial charge in [-0.3, -0.25) is 4.79 Å². The first-order valence-corrected chi connectivity index (χ1v) is 8.59. The number of aryl methyl sites for hydroxylation is 1. The van der Waals surface area contributed by atoms with Crippen LogP contribution < -0.4 is 19.5 Å². The smallest absolute Gasteiger partial charge is 0.278 e. The molecule has 1 N–H and O–H groups in total. The lowest BCUT2D eigenvalue weighted by molar-refractivity contribution is 0.102. The number of methoxy groups -OCH3 is 3. The van der Waals surface area contributed by atoms with Crippen LogP contribution in [0.3, 0.4) is 0 Å². The zero-order chi connectivity index (χ0) is 20.3. The van der Waals surface area contributed by atoms with E-state index in [4.69, 9.17) is 14.2 Å². The highest BCUT2D eigenvalue weighted by Crippen LogP contribution is 2.33. The van der Waals surface area contributed by atoms with Gasteiger partial charge in [-0.05, 0) is 37.6 Å². The Balaban J connectivity index is 1.89. The summed E-state index contributed by atoms with van der Waals surface area (Å²) >= 11 is 0. The molecular formula is C20H22N4O4. The summed E-state index contributed by atoms with van der Waals surface area (Å²) in [6, 6.07) is 10.9. The maximum absolute atomic E-state index is 12.8. The van der Waals surface area contributed by atoms with Crippen molar-refractivity contribution in [2.24, 2.45) is 0 Å². The van der Waals surface area contributed by atoms with E-state index in [0.717, 1.165) is 11.3 Å². The Bertz CT molecular complexity index is 1010. The van der Waals surface area contributed by atoms with Crippen LogP contribution in [0.4, 0.5) is 5.69 Å². The molecule has 28 heavy (non-hydrogen) atoms. The second-order valence-corrected chi connectivity index (χ2v) is 6.11. The Kier molecular flexibility index (Phi) is 5.49. The van der Waals surface area contributed by atoms with Crippen LogP contribution in [-0.2, 0) is 0 Å². The summed E-state index contributed by atoms with van der Waals surface area (Å²) in [6.45, 7) is 3.66. The number of ether oxygens (including phenoxy) is 3. The molecule has 0 saturated carbocycles. The summed E-state index contributed by atoms with van der Waals surface area (Å²) in [4.78, 5) is 12.8. The maximum Gasteiger partial charge on any atom is 0.278 e. The number of benzene rings is 2. The minimum Gasteiger partial charge on any atom is -0.497 e. The fraction of sp³-hybridized carbons (Fsp3) is 0.250. The van der Waals surface area contributed by atoms with Crippen molar-refractivity contribution >= 4 is 11.6 Å². The van der Waals surface area contributed by atoms with Crippen LogP contribution in [0.2, 0.25) is 0 Å². The van der Waals surface area contributed by atoms with Crippen molar-refractivity contribution in [1.29, 1.82) is 0 Å². The Hall–Kier alpha value is -3.55. The molecule has 8 nitrogen and oxygen atoms in total. The van der Waals surface area contributed by atoms with Gasteiger partial charge < -0.3 is 19.5 Å². The van der Waals surface area contributed by atoms with Gasteiger partial charge in [-0.2, -0.15) is 0 Å². The van der Waals surface area contributed by atoms with E-state index >= 15 is 0 Å². The molecule has 146 valence electrons. The van der Waals surface area contributed by atoms with Gasteiger partial charge in [0.25, 0.3) is 5.91 Å². The van der Waals surface area contributed by atoms with Crippen LogP contribution in [0, 0.1) is 13.8 Å². The minimum absolute atomic E-state index is 0.233. The van der Waals surface area contributed by atoms with E-state index in [1.54, 1.807) is 45.1 Å². The number of amides is 1. The third-order valence-corrected chi connectivity index (χ3v) is 4.39. The molecule has 3 rings (SSSR count). The van der Waals surface area contributed by atoms with Crippen molar-refractivity contribution < 1.29 is 19.0 Å². The molecule has 0 unspecified atom stereocenters. The van der Waals surface area contributed by atoms with E-state index in [1.807, 2.05) is 31.2 Å². The molecule has 3 aromatic rings. The number of aromatic nitrogens is 3. The predicted molar refractivity (Wildman–Crippen MR) is 105 cm³/mol. The first-order valence-electron chi connectivity index (χ1n) is 8.59. The predicted octanol–water partition coefficient (Wildman–Crippen LogP) is 3.16. The average Bonchev–Trinajstić information content (AvgIpc) is 3.10. The summed E-state index contributed by atoms with van der Waals surface area (Å²) < 4.78 is 17.4. The van der Waals surface area contributed by atoms with Crippen LogP contribution in [-0.4, -0.2) is 42.2 Å². The third kappa shape index (κ3) is 3.62. The Labute approximate surface area is 163 Å². The highest BCUT2D eigenvalue weighted by Gasteiger charge is 2.19. The summed E-state index contributed by atoms with van der Waals surface area (Å²) in [5, 5.41) is 11.0. The molecule has 0 bridgehead atoms. The summed E-state index contributed by atoms with van der Waals surface area (Å²) in [5.74, 6) is 1.46. The molecule has 0 saturated heterocycles. The van der Waals surface area contributed by atoms with E-state index in [0.29, 0.717) is 28.6 Å². The topological polar surface area (TPSA) is 87.5 Å². The number of hydrogen-bond acceptors (Lipinski definition) is 6. The number of hydrogen-bond donors (Lipinski definition) is 1. The largest absolute Gasteiger partial charge is 0.497 e. The van der Waals surface area contributed by atoms with Crippen molar-refractivity contribution in [2.45, 2.75) is 13.8 Å².